The average molecular weight is 373 g/mol. The van der Waals surface area contributed by atoms with Crippen LogP contribution >= 0.6 is 0 Å². The van der Waals surface area contributed by atoms with Crippen LogP contribution in [-0.4, -0.2) is 62.1 Å². The number of rotatable bonds is 7. The minimum atomic E-state index is -0.189. The molecule has 6 nitrogen and oxygen atoms in total. The molecule has 1 aliphatic heterocycles. The fourth-order valence-corrected chi connectivity index (χ4v) is 3.31. The molecular formula is C21H31N3O3. The number of carbonyl (C=O) groups excluding carboxylic acids is 2. The molecule has 1 aromatic rings. The molecule has 1 aromatic carbocycles. The normalized spacial score (nSPS) is 16.0. The van der Waals surface area contributed by atoms with Crippen LogP contribution in [0.15, 0.2) is 36.9 Å². The number of piperidine rings is 1. The predicted octanol–water partition coefficient (Wildman–Crippen LogP) is 2.45. The quantitative estimate of drug-likeness (QED) is 0.746. The van der Waals surface area contributed by atoms with Crippen LogP contribution in [0.5, 0.6) is 0 Å². The third-order valence-corrected chi connectivity index (χ3v) is 5.33. The van der Waals surface area contributed by atoms with Crippen molar-refractivity contribution in [3.05, 3.63) is 42.5 Å². The second kappa shape index (κ2) is 9.15. The van der Waals surface area contributed by atoms with E-state index in [9.17, 15) is 9.59 Å². The maximum absolute atomic E-state index is 12.5. The van der Waals surface area contributed by atoms with E-state index >= 15 is 0 Å². The Bertz CT molecular complexity index is 662. The van der Waals surface area contributed by atoms with E-state index < -0.39 is 0 Å². The van der Waals surface area contributed by atoms with Crippen molar-refractivity contribution in [1.29, 1.82) is 0 Å². The molecule has 6 heteroatoms. The first kappa shape index (κ1) is 21.1. The summed E-state index contributed by atoms with van der Waals surface area (Å²) >= 11 is 0. The van der Waals surface area contributed by atoms with Crippen molar-refractivity contribution < 1.29 is 14.3 Å². The Kier molecular flexibility index (Phi) is 7.16. The number of nitrogens with zero attached hydrogens (tertiary/aromatic N) is 2. The van der Waals surface area contributed by atoms with Crippen molar-refractivity contribution >= 4 is 17.5 Å². The van der Waals surface area contributed by atoms with Crippen LogP contribution in [0.4, 0.5) is 5.69 Å². The van der Waals surface area contributed by atoms with Gasteiger partial charge in [0.25, 0.3) is 5.91 Å². The van der Waals surface area contributed by atoms with E-state index in [-0.39, 0.29) is 17.4 Å². The summed E-state index contributed by atoms with van der Waals surface area (Å²) in [4.78, 5) is 28.0. The molecule has 148 valence electrons. The summed E-state index contributed by atoms with van der Waals surface area (Å²) in [5.74, 6) is -0.301. The summed E-state index contributed by atoms with van der Waals surface area (Å²) in [6.45, 7) is 10.3. The summed E-state index contributed by atoms with van der Waals surface area (Å²) in [5.41, 5.74) is 1.18. The van der Waals surface area contributed by atoms with Gasteiger partial charge in [-0.3, -0.25) is 14.5 Å². The molecule has 1 saturated heterocycles. The zero-order chi connectivity index (χ0) is 20.0. The Morgan fingerprint density at radius 1 is 1.30 bits per heavy atom. The molecule has 0 unspecified atom stereocenters. The number of amides is 2. The lowest BCUT2D eigenvalue weighted by atomic mass is 9.97. The molecule has 1 N–H and O–H groups in total. The number of hydrogen-bond acceptors (Lipinski definition) is 4. The van der Waals surface area contributed by atoms with Gasteiger partial charge in [0, 0.05) is 50.6 Å². The summed E-state index contributed by atoms with van der Waals surface area (Å²) in [6, 6.07) is 6.98. The van der Waals surface area contributed by atoms with E-state index in [1.165, 1.54) is 11.0 Å². The lowest BCUT2D eigenvalue weighted by Gasteiger charge is -2.42. The topological polar surface area (TPSA) is 61.9 Å². The van der Waals surface area contributed by atoms with Gasteiger partial charge in [-0.15, -0.1) is 0 Å². The average Bonchev–Trinajstić information content (AvgIpc) is 2.71. The predicted molar refractivity (Wildman–Crippen MR) is 108 cm³/mol. The lowest BCUT2D eigenvalue weighted by molar-refractivity contribution is -0.113. The maximum Gasteiger partial charge on any atom is 0.251 e. The number of likely N-dealkylation sites (tertiary alicyclic amines) is 1. The van der Waals surface area contributed by atoms with Crippen molar-refractivity contribution in [2.75, 3.05) is 38.7 Å². The van der Waals surface area contributed by atoms with E-state index in [1.807, 2.05) is 0 Å². The minimum Gasteiger partial charge on any atom is -0.381 e. The first-order valence-electron chi connectivity index (χ1n) is 9.34. The number of carbonyl (C=O) groups is 2. The van der Waals surface area contributed by atoms with E-state index in [4.69, 9.17) is 4.74 Å². The zero-order valence-corrected chi connectivity index (χ0v) is 16.8. The zero-order valence-electron chi connectivity index (χ0n) is 16.8. The van der Waals surface area contributed by atoms with Crippen LogP contribution in [0.2, 0.25) is 0 Å². The molecule has 0 aliphatic carbocycles. The van der Waals surface area contributed by atoms with Gasteiger partial charge >= 0.3 is 0 Å². The van der Waals surface area contributed by atoms with Gasteiger partial charge in [0.2, 0.25) is 5.91 Å². The molecule has 0 bridgehead atoms. The third-order valence-electron chi connectivity index (χ3n) is 5.33. The van der Waals surface area contributed by atoms with Crippen molar-refractivity contribution in [3.8, 4) is 0 Å². The Morgan fingerprint density at radius 2 is 1.89 bits per heavy atom. The number of methoxy groups -OCH3 is 1. The molecule has 2 amide bonds. The highest BCUT2D eigenvalue weighted by Crippen LogP contribution is 2.22. The highest BCUT2D eigenvalue weighted by molar-refractivity contribution is 6.01. The van der Waals surface area contributed by atoms with Crippen LogP contribution in [-0.2, 0) is 9.53 Å². The summed E-state index contributed by atoms with van der Waals surface area (Å²) in [6.07, 6.45) is 3.65. The van der Waals surface area contributed by atoms with Crippen LogP contribution < -0.4 is 10.2 Å². The molecule has 0 radical (unpaired) electrons. The van der Waals surface area contributed by atoms with E-state index in [2.05, 4.69) is 30.6 Å². The second-order valence-corrected chi connectivity index (χ2v) is 7.57. The van der Waals surface area contributed by atoms with Gasteiger partial charge < -0.3 is 15.0 Å². The van der Waals surface area contributed by atoms with Crippen molar-refractivity contribution in [2.24, 2.45) is 0 Å². The number of hydrogen-bond donors (Lipinski definition) is 1. The Balaban J connectivity index is 1.91. The van der Waals surface area contributed by atoms with Crippen LogP contribution in [0.3, 0.4) is 0 Å². The first-order valence-corrected chi connectivity index (χ1v) is 9.34. The molecule has 27 heavy (non-hydrogen) atoms. The van der Waals surface area contributed by atoms with E-state index in [1.54, 1.807) is 38.4 Å². The molecule has 1 fully saturated rings. The van der Waals surface area contributed by atoms with Gasteiger partial charge in [-0.2, -0.15) is 0 Å². The van der Waals surface area contributed by atoms with Gasteiger partial charge in [0.15, 0.2) is 0 Å². The Morgan fingerprint density at radius 3 is 2.41 bits per heavy atom. The summed E-state index contributed by atoms with van der Waals surface area (Å²) < 4.78 is 5.43. The SMILES string of the molecule is C=CC(=O)N(C)c1ccc(C(=O)NCC(C)(C)N2CCC(OC)CC2)cc1. The van der Waals surface area contributed by atoms with Crippen LogP contribution in [0.25, 0.3) is 0 Å². The highest BCUT2D eigenvalue weighted by atomic mass is 16.5. The second-order valence-electron chi connectivity index (χ2n) is 7.57. The molecule has 0 aromatic heterocycles. The molecule has 0 atom stereocenters. The lowest BCUT2D eigenvalue weighted by Crippen LogP contribution is -2.54. The van der Waals surface area contributed by atoms with Gasteiger partial charge in [0.1, 0.15) is 0 Å². The van der Waals surface area contributed by atoms with Gasteiger partial charge in [-0.1, -0.05) is 6.58 Å². The number of likely N-dealkylation sites (N-methyl/N-ethyl adjacent to an activating group) is 1. The highest BCUT2D eigenvalue weighted by Gasteiger charge is 2.31. The van der Waals surface area contributed by atoms with Gasteiger partial charge in [-0.05, 0) is 57.0 Å². The Hall–Kier alpha value is -2.18. The number of ether oxygens (including phenoxy) is 1. The van der Waals surface area contributed by atoms with Gasteiger partial charge in [-0.25, -0.2) is 0 Å². The number of anilines is 1. The van der Waals surface area contributed by atoms with Crippen LogP contribution in [0.1, 0.15) is 37.0 Å². The fraction of sp³-hybridized carbons (Fsp3) is 0.524. The van der Waals surface area contributed by atoms with Crippen molar-refractivity contribution in [3.63, 3.8) is 0 Å². The third kappa shape index (κ3) is 5.40. The van der Waals surface area contributed by atoms with Crippen molar-refractivity contribution in [2.45, 2.75) is 38.3 Å². The summed E-state index contributed by atoms with van der Waals surface area (Å²) in [7, 11) is 3.44. The van der Waals surface area contributed by atoms with Gasteiger partial charge in [0.05, 0.1) is 6.10 Å². The maximum atomic E-state index is 12.5. The van der Waals surface area contributed by atoms with E-state index in [0.29, 0.717) is 18.2 Å². The molecule has 0 saturated carbocycles. The number of nitrogens with one attached hydrogen (secondary N) is 1. The molecular weight excluding hydrogens is 342 g/mol. The summed E-state index contributed by atoms with van der Waals surface area (Å²) in [5, 5.41) is 3.04. The molecule has 0 spiro atoms. The molecule has 1 aliphatic rings. The monoisotopic (exact) mass is 373 g/mol. The van der Waals surface area contributed by atoms with Crippen molar-refractivity contribution in [1.82, 2.24) is 10.2 Å². The Labute approximate surface area is 162 Å². The van der Waals surface area contributed by atoms with E-state index in [0.717, 1.165) is 31.6 Å². The molecule has 2 rings (SSSR count). The largest absolute Gasteiger partial charge is 0.381 e. The molecule has 1 heterocycles. The fourth-order valence-electron chi connectivity index (χ4n) is 3.31. The standard InChI is InChI=1S/C21H31N3O3/c1-6-19(25)23(4)17-9-7-16(8-10-17)20(26)22-15-21(2,3)24-13-11-18(27-5)12-14-24/h6-10,18H,1,11-15H2,2-5H3,(H,22,26). The first-order chi connectivity index (χ1) is 12.8. The smallest absolute Gasteiger partial charge is 0.251 e. The number of benzene rings is 1. The minimum absolute atomic E-state index is 0.112. The van der Waals surface area contributed by atoms with Crippen LogP contribution in [0, 0.1) is 0 Å².